The summed E-state index contributed by atoms with van der Waals surface area (Å²) in [5.74, 6) is 0.146. The number of nitrogens with zero attached hydrogens (tertiary/aromatic N) is 1. The number of ether oxygens (including phenoxy) is 2. The fourth-order valence-electron chi connectivity index (χ4n) is 4.46. The number of amides is 2. The summed E-state index contributed by atoms with van der Waals surface area (Å²) in [6.45, 7) is 0.343. The van der Waals surface area contributed by atoms with Crippen LogP contribution in [0.25, 0.3) is 0 Å². The van der Waals surface area contributed by atoms with Gasteiger partial charge in [0.2, 0.25) is 11.8 Å². The smallest absolute Gasteiger partial charge is 0.229 e. The number of hydrogen-bond donors (Lipinski definition) is 2. The van der Waals surface area contributed by atoms with Gasteiger partial charge < -0.3 is 20.1 Å². The molecule has 0 unspecified atom stereocenters. The topological polar surface area (TPSA) is 89.5 Å². The van der Waals surface area contributed by atoms with Gasteiger partial charge in [0.1, 0.15) is 11.5 Å². The number of nitrogens with one attached hydrogen (secondary N) is 2. The third kappa shape index (κ3) is 3.87. The molecule has 2 aromatic rings. The van der Waals surface area contributed by atoms with Crippen molar-refractivity contribution in [2.24, 2.45) is 23.7 Å². The third-order valence-electron chi connectivity index (χ3n) is 5.90. The molecule has 7 nitrogen and oxygen atoms in total. The molecule has 7 heteroatoms. The Hall–Kier alpha value is -3.35. The summed E-state index contributed by atoms with van der Waals surface area (Å²) in [5, 5.41) is 5.91. The summed E-state index contributed by atoms with van der Waals surface area (Å²) in [6.07, 6.45) is 6.63. The first-order valence-corrected chi connectivity index (χ1v) is 9.99. The average Bonchev–Trinajstić information content (AvgIpc) is 3.40. The highest BCUT2D eigenvalue weighted by molar-refractivity contribution is 5.98. The summed E-state index contributed by atoms with van der Waals surface area (Å²) < 4.78 is 10.6. The van der Waals surface area contributed by atoms with Gasteiger partial charge in [-0.25, -0.2) is 0 Å². The number of allylic oxidation sites excluding steroid dienone is 2. The van der Waals surface area contributed by atoms with Crippen molar-refractivity contribution in [3.05, 3.63) is 60.4 Å². The summed E-state index contributed by atoms with van der Waals surface area (Å²) in [7, 11) is 3.11. The van der Waals surface area contributed by atoms with Gasteiger partial charge in [-0.15, -0.1) is 0 Å². The number of rotatable bonds is 7. The van der Waals surface area contributed by atoms with E-state index < -0.39 is 11.8 Å². The molecule has 2 aliphatic rings. The quantitative estimate of drug-likeness (QED) is 0.689. The van der Waals surface area contributed by atoms with Crippen LogP contribution in [0, 0.1) is 23.7 Å². The van der Waals surface area contributed by atoms with Crippen LogP contribution in [-0.4, -0.2) is 31.0 Å². The number of hydrogen-bond acceptors (Lipinski definition) is 5. The summed E-state index contributed by atoms with van der Waals surface area (Å²) in [4.78, 5) is 30.5. The zero-order valence-corrected chi connectivity index (χ0v) is 17.0. The van der Waals surface area contributed by atoms with Gasteiger partial charge in [0.05, 0.1) is 44.0 Å². The number of methoxy groups -OCH3 is 2. The van der Waals surface area contributed by atoms with E-state index in [2.05, 4.69) is 27.8 Å². The van der Waals surface area contributed by atoms with Crippen LogP contribution >= 0.6 is 0 Å². The van der Waals surface area contributed by atoms with E-state index in [0.29, 0.717) is 23.7 Å². The Bertz CT molecular complexity index is 960. The Morgan fingerprint density at radius 1 is 1.03 bits per heavy atom. The average molecular weight is 407 g/mol. The van der Waals surface area contributed by atoms with Crippen LogP contribution in [-0.2, 0) is 16.1 Å². The standard InChI is InChI=1S/C23H25N3O4/c1-29-17-8-9-19(30-2)18(12-17)26-23(28)21-15-7-6-14(11-15)20(21)22(27)25-13-16-5-3-4-10-24-16/h3-10,12,14-15,20-21H,11,13H2,1-2H3,(H,25,27)(H,26,28)/t14-,15-,20-,21+/m0/s1. The molecule has 4 rings (SSSR count). The first-order chi connectivity index (χ1) is 14.6. The van der Waals surface area contributed by atoms with Crippen LogP contribution in [0.3, 0.4) is 0 Å². The number of pyridine rings is 1. The second-order valence-corrected chi connectivity index (χ2v) is 7.59. The number of carbonyl (C=O) groups is 2. The maximum atomic E-state index is 13.2. The van der Waals surface area contributed by atoms with E-state index >= 15 is 0 Å². The van der Waals surface area contributed by atoms with Crippen molar-refractivity contribution in [2.75, 3.05) is 19.5 Å². The van der Waals surface area contributed by atoms with E-state index in [4.69, 9.17) is 9.47 Å². The minimum Gasteiger partial charge on any atom is -0.497 e. The lowest BCUT2D eigenvalue weighted by Crippen LogP contribution is -2.41. The van der Waals surface area contributed by atoms with Crippen molar-refractivity contribution in [1.82, 2.24) is 10.3 Å². The Balaban J connectivity index is 1.50. The van der Waals surface area contributed by atoms with Gasteiger partial charge in [-0.1, -0.05) is 18.2 Å². The number of anilines is 1. The van der Waals surface area contributed by atoms with Crippen LogP contribution in [0.1, 0.15) is 12.1 Å². The number of aromatic nitrogens is 1. The molecule has 0 aliphatic heterocycles. The Morgan fingerprint density at radius 2 is 1.80 bits per heavy atom. The van der Waals surface area contributed by atoms with Crippen molar-refractivity contribution < 1.29 is 19.1 Å². The Kier molecular flexibility index (Phi) is 5.70. The van der Waals surface area contributed by atoms with E-state index in [0.717, 1.165) is 12.1 Å². The second-order valence-electron chi connectivity index (χ2n) is 7.59. The molecule has 1 aromatic heterocycles. The highest BCUT2D eigenvalue weighted by atomic mass is 16.5. The Morgan fingerprint density at radius 3 is 2.47 bits per heavy atom. The van der Waals surface area contributed by atoms with Crippen LogP contribution in [0.4, 0.5) is 5.69 Å². The van der Waals surface area contributed by atoms with Gasteiger partial charge in [0.15, 0.2) is 0 Å². The zero-order valence-electron chi connectivity index (χ0n) is 17.0. The molecule has 0 radical (unpaired) electrons. The van der Waals surface area contributed by atoms with Crippen molar-refractivity contribution in [3.8, 4) is 11.5 Å². The number of benzene rings is 1. The van der Waals surface area contributed by atoms with Gasteiger partial charge in [0, 0.05) is 12.3 Å². The van der Waals surface area contributed by atoms with Gasteiger partial charge >= 0.3 is 0 Å². The lowest BCUT2D eigenvalue weighted by Gasteiger charge is -2.26. The molecule has 1 heterocycles. The lowest BCUT2D eigenvalue weighted by molar-refractivity contribution is -0.133. The first-order valence-electron chi connectivity index (χ1n) is 9.99. The van der Waals surface area contributed by atoms with Gasteiger partial charge in [-0.3, -0.25) is 14.6 Å². The molecule has 0 spiro atoms. The summed E-state index contributed by atoms with van der Waals surface area (Å²) in [6, 6.07) is 10.8. The van der Waals surface area contributed by atoms with Crippen LogP contribution < -0.4 is 20.1 Å². The van der Waals surface area contributed by atoms with Crippen molar-refractivity contribution in [2.45, 2.75) is 13.0 Å². The third-order valence-corrected chi connectivity index (χ3v) is 5.90. The molecule has 1 aromatic carbocycles. The molecule has 1 fully saturated rings. The fourth-order valence-corrected chi connectivity index (χ4v) is 4.46. The molecular formula is C23H25N3O4. The molecule has 2 bridgehead atoms. The van der Waals surface area contributed by atoms with E-state index in [9.17, 15) is 9.59 Å². The Labute approximate surface area is 175 Å². The maximum absolute atomic E-state index is 13.2. The predicted octanol–water partition coefficient (Wildman–Crippen LogP) is 2.79. The molecule has 2 aliphatic carbocycles. The summed E-state index contributed by atoms with van der Waals surface area (Å²) in [5.41, 5.74) is 1.31. The van der Waals surface area contributed by atoms with E-state index in [1.54, 1.807) is 38.6 Å². The lowest BCUT2D eigenvalue weighted by atomic mass is 9.81. The molecule has 2 amide bonds. The van der Waals surface area contributed by atoms with Crippen LogP contribution in [0.15, 0.2) is 54.7 Å². The second kappa shape index (κ2) is 8.57. The molecule has 156 valence electrons. The SMILES string of the molecule is COc1ccc(OC)c(NC(=O)[C@H]2[C@@H](C(=O)NCc3ccccn3)[C@H]3C=C[C@H]2C3)c1. The van der Waals surface area contributed by atoms with Crippen LogP contribution in [0.5, 0.6) is 11.5 Å². The zero-order chi connectivity index (χ0) is 21.1. The van der Waals surface area contributed by atoms with Crippen molar-refractivity contribution in [1.29, 1.82) is 0 Å². The largest absolute Gasteiger partial charge is 0.497 e. The molecule has 2 N–H and O–H groups in total. The van der Waals surface area contributed by atoms with E-state index in [1.807, 2.05) is 18.2 Å². The highest BCUT2D eigenvalue weighted by Crippen LogP contribution is 2.48. The monoisotopic (exact) mass is 407 g/mol. The predicted molar refractivity (Wildman–Crippen MR) is 112 cm³/mol. The van der Waals surface area contributed by atoms with E-state index in [-0.39, 0.29) is 23.7 Å². The first kappa shape index (κ1) is 19.9. The van der Waals surface area contributed by atoms with Gasteiger partial charge in [-0.05, 0) is 42.5 Å². The molecule has 30 heavy (non-hydrogen) atoms. The minimum atomic E-state index is -0.431. The highest BCUT2D eigenvalue weighted by Gasteiger charge is 2.51. The molecule has 0 saturated heterocycles. The minimum absolute atomic E-state index is 0.0530. The molecular weight excluding hydrogens is 382 g/mol. The van der Waals surface area contributed by atoms with Crippen LogP contribution in [0.2, 0.25) is 0 Å². The van der Waals surface area contributed by atoms with Gasteiger partial charge in [0.25, 0.3) is 0 Å². The molecule has 4 atom stereocenters. The fraction of sp³-hybridized carbons (Fsp3) is 0.348. The number of carbonyl (C=O) groups excluding carboxylic acids is 2. The normalized spacial score (nSPS) is 23.8. The van der Waals surface area contributed by atoms with Gasteiger partial charge in [-0.2, -0.15) is 0 Å². The summed E-state index contributed by atoms with van der Waals surface area (Å²) >= 11 is 0. The van der Waals surface area contributed by atoms with E-state index in [1.165, 1.54) is 0 Å². The maximum Gasteiger partial charge on any atom is 0.229 e. The molecule has 1 saturated carbocycles. The number of fused-ring (bicyclic) bond motifs is 2. The van der Waals surface area contributed by atoms with Crippen molar-refractivity contribution >= 4 is 17.5 Å². The van der Waals surface area contributed by atoms with Crippen molar-refractivity contribution in [3.63, 3.8) is 0 Å².